The van der Waals surface area contributed by atoms with Crippen molar-refractivity contribution in [3.05, 3.63) is 54.1 Å². The van der Waals surface area contributed by atoms with Gasteiger partial charge in [-0.3, -0.25) is 0 Å². The predicted octanol–water partition coefficient (Wildman–Crippen LogP) is 2.94. The van der Waals surface area contributed by atoms with Crippen molar-refractivity contribution < 1.29 is 25.8 Å². The minimum absolute atomic E-state index is 0.0140. The third-order valence-corrected chi connectivity index (χ3v) is 6.80. The van der Waals surface area contributed by atoms with Gasteiger partial charge < -0.3 is 8.92 Å². The molecule has 1 aliphatic rings. The molecule has 3 rings (SSSR count). The molecule has 0 heterocycles. The van der Waals surface area contributed by atoms with Crippen LogP contribution in [-0.2, 0) is 20.1 Å². The van der Waals surface area contributed by atoms with Crippen LogP contribution in [0, 0.1) is 0 Å². The highest BCUT2D eigenvalue weighted by atomic mass is 32.2. The van der Waals surface area contributed by atoms with Gasteiger partial charge in [0.1, 0.15) is 4.90 Å². The van der Waals surface area contributed by atoms with Crippen molar-refractivity contribution in [2.24, 2.45) is 0 Å². The van der Waals surface area contributed by atoms with Crippen LogP contribution in [0.5, 0.6) is 11.5 Å². The largest absolute Gasteiger partial charge is 0.493 e. The summed E-state index contributed by atoms with van der Waals surface area (Å²) in [7, 11) is -6.63. The van der Waals surface area contributed by atoms with E-state index in [9.17, 15) is 16.8 Å². The predicted molar refractivity (Wildman–Crippen MR) is 105 cm³/mol. The molecular formula is C19H21NO6S2. The summed E-state index contributed by atoms with van der Waals surface area (Å²) in [5, 5.41) is 0. The Hall–Kier alpha value is -2.36. The van der Waals surface area contributed by atoms with E-state index in [0.717, 1.165) is 24.5 Å². The molecule has 28 heavy (non-hydrogen) atoms. The van der Waals surface area contributed by atoms with Gasteiger partial charge in [-0.2, -0.15) is 8.42 Å². The second-order valence-corrected chi connectivity index (χ2v) is 9.58. The number of sulfonamides is 1. The molecular weight excluding hydrogens is 402 g/mol. The van der Waals surface area contributed by atoms with E-state index in [0.29, 0.717) is 0 Å². The monoisotopic (exact) mass is 423 g/mol. The highest BCUT2D eigenvalue weighted by Gasteiger charge is 2.29. The molecule has 2 aromatic carbocycles. The molecule has 2 aromatic rings. The van der Waals surface area contributed by atoms with Crippen molar-refractivity contribution in [3.63, 3.8) is 0 Å². The van der Waals surface area contributed by atoms with Gasteiger partial charge in [-0.1, -0.05) is 24.3 Å². The fourth-order valence-electron chi connectivity index (χ4n) is 2.50. The SMILES string of the molecule is CC=Cc1ccc(OS(=O)(=O)c2cccc(S(=O)(=O)NC3CC3)c2)c(OC)c1. The fourth-order valence-corrected chi connectivity index (χ4v) is 4.91. The zero-order valence-electron chi connectivity index (χ0n) is 15.5. The summed E-state index contributed by atoms with van der Waals surface area (Å²) in [5.41, 5.74) is 0.823. The van der Waals surface area contributed by atoms with Crippen molar-refractivity contribution in [1.82, 2.24) is 4.72 Å². The van der Waals surface area contributed by atoms with E-state index in [1.54, 1.807) is 12.1 Å². The summed E-state index contributed by atoms with van der Waals surface area (Å²) in [4.78, 5) is -0.384. The van der Waals surface area contributed by atoms with Gasteiger partial charge in [0.15, 0.2) is 11.5 Å². The lowest BCUT2D eigenvalue weighted by atomic mass is 10.2. The van der Waals surface area contributed by atoms with Crippen LogP contribution in [0.2, 0.25) is 0 Å². The smallest absolute Gasteiger partial charge is 0.339 e. The maximum Gasteiger partial charge on any atom is 0.339 e. The quantitative estimate of drug-likeness (QED) is 0.656. The average molecular weight is 424 g/mol. The molecule has 0 radical (unpaired) electrons. The molecule has 0 saturated heterocycles. The molecule has 1 aliphatic carbocycles. The highest BCUT2D eigenvalue weighted by molar-refractivity contribution is 7.89. The second-order valence-electron chi connectivity index (χ2n) is 6.32. The average Bonchev–Trinajstić information content (AvgIpc) is 3.46. The van der Waals surface area contributed by atoms with E-state index in [1.165, 1.54) is 31.4 Å². The Bertz CT molecular complexity index is 1100. The van der Waals surface area contributed by atoms with Crippen LogP contribution in [0.15, 0.2) is 58.3 Å². The Balaban J connectivity index is 1.90. The number of ether oxygens (including phenoxy) is 1. The number of nitrogens with one attached hydrogen (secondary N) is 1. The number of hydrogen-bond donors (Lipinski definition) is 1. The van der Waals surface area contributed by atoms with E-state index in [1.807, 2.05) is 19.1 Å². The number of benzene rings is 2. The molecule has 0 spiro atoms. The topological polar surface area (TPSA) is 98.8 Å². The van der Waals surface area contributed by atoms with Crippen LogP contribution in [-0.4, -0.2) is 30.0 Å². The maximum absolute atomic E-state index is 12.7. The van der Waals surface area contributed by atoms with Gasteiger partial charge >= 0.3 is 10.1 Å². The van der Waals surface area contributed by atoms with Gasteiger partial charge in [0.2, 0.25) is 10.0 Å². The molecule has 0 aromatic heterocycles. The molecule has 150 valence electrons. The van der Waals surface area contributed by atoms with E-state index in [4.69, 9.17) is 8.92 Å². The summed E-state index contributed by atoms with van der Waals surface area (Å²) in [5.74, 6) is 0.262. The maximum atomic E-state index is 12.7. The van der Waals surface area contributed by atoms with E-state index in [-0.39, 0.29) is 27.3 Å². The van der Waals surface area contributed by atoms with Gasteiger partial charge in [0.05, 0.1) is 12.0 Å². The summed E-state index contributed by atoms with van der Waals surface area (Å²) in [6.07, 6.45) is 5.24. The van der Waals surface area contributed by atoms with E-state index < -0.39 is 20.1 Å². The Morgan fingerprint density at radius 3 is 2.36 bits per heavy atom. The Morgan fingerprint density at radius 1 is 1.00 bits per heavy atom. The Labute approximate surface area is 165 Å². The lowest BCUT2D eigenvalue weighted by Gasteiger charge is -2.12. The Kier molecular flexibility index (Phi) is 5.78. The molecule has 0 atom stereocenters. The van der Waals surface area contributed by atoms with Crippen molar-refractivity contribution in [2.75, 3.05) is 7.11 Å². The minimum Gasteiger partial charge on any atom is -0.493 e. The van der Waals surface area contributed by atoms with E-state index >= 15 is 0 Å². The first kappa shape index (κ1) is 20.4. The van der Waals surface area contributed by atoms with Crippen molar-refractivity contribution in [2.45, 2.75) is 35.6 Å². The Morgan fingerprint density at radius 2 is 1.71 bits per heavy atom. The molecule has 0 amide bonds. The molecule has 1 fully saturated rings. The first-order valence-corrected chi connectivity index (χ1v) is 11.5. The van der Waals surface area contributed by atoms with Crippen LogP contribution in [0.1, 0.15) is 25.3 Å². The highest BCUT2D eigenvalue weighted by Crippen LogP contribution is 2.31. The van der Waals surface area contributed by atoms with Crippen LogP contribution in [0.4, 0.5) is 0 Å². The third kappa shape index (κ3) is 4.73. The fraction of sp³-hybridized carbons (Fsp3) is 0.263. The zero-order chi connectivity index (χ0) is 20.4. The standard InChI is InChI=1S/C19H21NO6S2/c1-3-5-14-8-11-18(19(12-14)25-2)26-28(23,24)17-7-4-6-16(13-17)27(21,22)20-15-9-10-15/h3-8,11-13,15,20H,9-10H2,1-2H3. The zero-order valence-corrected chi connectivity index (χ0v) is 17.1. The van der Waals surface area contributed by atoms with Crippen LogP contribution < -0.4 is 13.6 Å². The van der Waals surface area contributed by atoms with Gasteiger partial charge in [-0.05, 0) is 55.7 Å². The summed E-state index contributed by atoms with van der Waals surface area (Å²) in [6, 6.07) is 9.81. The molecule has 0 bridgehead atoms. The van der Waals surface area contributed by atoms with Crippen molar-refractivity contribution >= 4 is 26.2 Å². The number of hydrogen-bond acceptors (Lipinski definition) is 6. The molecule has 0 aliphatic heterocycles. The first-order chi connectivity index (χ1) is 13.2. The van der Waals surface area contributed by atoms with Crippen molar-refractivity contribution in [1.29, 1.82) is 0 Å². The first-order valence-electron chi connectivity index (χ1n) is 8.63. The molecule has 1 saturated carbocycles. The van der Waals surface area contributed by atoms with Crippen molar-refractivity contribution in [3.8, 4) is 11.5 Å². The van der Waals surface area contributed by atoms with E-state index in [2.05, 4.69) is 4.72 Å². The van der Waals surface area contributed by atoms with Gasteiger partial charge in [-0.25, -0.2) is 13.1 Å². The van der Waals surface area contributed by atoms with Crippen LogP contribution in [0.3, 0.4) is 0 Å². The summed E-state index contributed by atoms with van der Waals surface area (Å²) >= 11 is 0. The summed E-state index contributed by atoms with van der Waals surface area (Å²) < 4.78 is 63.0. The number of methoxy groups -OCH3 is 1. The summed E-state index contributed by atoms with van der Waals surface area (Å²) in [6.45, 7) is 1.86. The molecule has 7 nitrogen and oxygen atoms in total. The number of rotatable bonds is 8. The lowest BCUT2D eigenvalue weighted by molar-refractivity contribution is 0.390. The molecule has 0 unspecified atom stereocenters. The van der Waals surface area contributed by atoms with Crippen LogP contribution >= 0.6 is 0 Å². The third-order valence-electron chi connectivity index (χ3n) is 4.05. The van der Waals surface area contributed by atoms with Gasteiger partial charge in [0.25, 0.3) is 0 Å². The van der Waals surface area contributed by atoms with Crippen LogP contribution in [0.25, 0.3) is 6.08 Å². The molecule has 9 heteroatoms. The normalized spacial score (nSPS) is 14.9. The minimum atomic E-state index is -4.26. The molecule has 1 N–H and O–H groups in total. The second kappa shape index (κ2) is 7.94. The van der Waals surface area contributed by atoms with Gasteiger partial charge in [-0.15, -0.1) is 0 Å². The lowest BCUT2D eigenvalue weighted by Crippen LogP contribution is -2.26. The number of allylic oxidation sites excluding steroid dienone is 1. The van der Waals surface area contributed by atoms with Gasteiger partial charge in [0, 0.05) is 6.04 Å².